The topological polar surface area (TPSA) is 78.7 Å². The van der Waals surface area contributed by atoms with Gasteiger partial charge in [-0.05, 0) is 25.4 Å². The fourth-order valence-corrected chi connectivity index (χ4v) is 1.15. The molecular formula is C8H10N4OS. The lowest BCUT2D eigenvalue weighted by molar-refractivity contribution is -0.126. The highest BCUT2D eigenvalue weighted by atomic mass is 32.1. The van der Waals surface area contributed by atoms with Crippen LogP contribution in [0.25, 0.3) is 0 Å². The number of nitrogens with one attached hydrogen (secondary N) is 1. The molecule has 0 fully saturated rings. The summed E-state index contributed by atoms with van der Waals surface area (Å²) in [6.07, 6.45) is 0. The first-order chi connectivity index (χ1) is 6.56. The van der Waals surface area contributed by atoms with E-state index in [4.69, 9.17) is 5.26 Å². The van der Waals surface area contributed by atoms with Gasteiger partial charge in [0, 0.05) is 5.38 Å². The summed E-state index contributed by atoms with van der Waals surface area (Å²) in [5.74, 6) is -0.298. The number of nitriles is 1. The lowest BCUT2D eigenvalue weighted by Crippen LogP contribution is -2.35. The number of nitrogens with zero attached hydrogens (tertiary/aromatic N) is 3. The second kappa shape index (κ2) is 4.15. The van der Waals surface area contributed by atoms with E-state index in [1.165, 1.54) is 11.5 Å². The highest BCUT2D eigenvalue weighted by molar-refractivity contribution is 7.03. The van der Waals surface area contributed by atoms with Crippen molar-refractivity contribution >= 4 is 17.4 Å². The first-order valence-corrected chi connectivity index (χ1v) is 4.85. The average molecular weight is 210 g/mol. The van der Waals surface area contributed by atoms with Gasteiger partial charge in [0.1, 0.15) is 5.41 Å². The molecule has 0 aliphatic carbocycles. The third-order valence-electron chi connectivity index (χ3n) is 1.68. The van der Waals surface area contributed by atoms with Gasteiger partial charge in [-0.1, -0.05) is 4.49 Å². The molecule has 1 rings (SSSR count). The maximum Gasteiger partial charge on any atom is 0.240 e. The Morgan fingerprint density at radius 3 is 3.00 bits per heavy atom. The van der Waals surface area contributed by atoms with E-state index in [2.05, 4.69) is 14.9 Å². The minimum Gasteiger partial charge on any atom is -0.349 e. The van der Waals surface area contributed by atoms with Crippen LogP contribution in [0.2, 0.25) is 0 Å². The second-order valence-corrected chi connectivity index (χ2v) is 3.93. The molecule has 1 aromatic rings. The van der Waals surface area contributed by atoms with Crippen molar-refractivity contribution in [2.24, 2.45) is 5.41 Å². The van der Waals surface area contributed by atoms with Gasteiger partial charge in [-0.25, -0.2) is 0 Å². The third-order valence-corrected chi connectivity index (χ3v) is 2.24. The predicted molar refractivity (Wildman–Crippen MR) is 51.1 cm³/mol. The van der Waals surface area contributed by atoms with Crippen LogP contribution in [-0.4, -0.2) is 15.5 Å². The maximum absolute atomic E-state index is 11.4. The van der Waals surface area contributed by atoms with Gasteiger partial charge in [-0.15, -0.1) is 5.10 Å². The number of carbonyl (C=O) groups excluding carboxylic acids is 1. The van der Waals surface area contributed by atoms with Gasteiger partial charge in [0.2, 0.25) is 5.91 Å². The molecule has 0 aliphatic heterocycles. The number of hydrogen-bond donors (Lipinski definition) is 1. The molecule has 1 N–H and O–H groups in total. The average Bonchev–Trinajstić information content (AvgIpc) is 2.66. The molecule has 0 saturated heterocycles. The molecule has 0 saturated carbocycles. The summed E-state index contributed by atoms with van der Waals surface area (Å²) in [5, 5.41) is 16.8. The van der Waals surface area contributed by atoms with Crippen molar-refractivity contribution in [3.05, 3.63) is 11.1 Å². The fourth-order valence-electron chi connectivity index (χ4n) is 0.704. The van der Waals surface area contributed by atoms with Crippen molar-refractivity contribution in [3.63, 3.8) is 0 Å². The molecule has 0 unspecified atom stereocenters. The molecule has 1 heterocycles. The van der Waals surface area contributed by atoms with E-state index in [1.54, 1.807) is 19.2 Å². The van der Waals surface area contributed by atoms with Gasteiger partial charge in [-0.3, -0.25) is 4.79 Å². The van der Waals surface area contributed by atoms with Crippen molar-refractivity contribution in [2.45, 2.75) is 20.4 Å². The van der Waals surface area contributed by atoms with Crippen LogP contribution in [0.15, 0.2) is 5.38 Å². The van der Waals surface area contributed by atoms with E-state index in [0.717, 1.165) is 0 Å². The number of rotatable bonds is 3. The van der Waals surface area contributed by atoms with Crippen molar-refractivity contribution in [2.75, 3.05) is 0 Å². The van der Waals surface area contributed by atoms with E-state index < -0.39 is 5.41 Å². The highest BCUT2D eigenvalue weighted by Gasteiger charge is 2.26. The minimum atomic E-state index is -0.997. The normalized spacial score (nSPS) is 10.6. The van der Waals surface area contributed by atoms with Gasteiger partial charge >= 0.3 is 0 Å². The van der Waals surface area contributed by atoms with E-state index in [9.17, 15) is 4.79 Å². The fraction of sp³-hybridized carbons (Fsp3) is 0.500. The Hall–Kier alpha value is -1.48. The van der Waals surface area contributed by atoms with Crippen LogP contribution < -0.4 is 5.32 Å². The van der Waals surface area contributed by atoms with E-state index in [1.807, 2.05) is 6.07 Å². The number of hydrogen-bond acceptors (Lipinski definition) is 5. The zero-order chi connectivity index (χ0) is 10.6. The van der Waals surface area contributed by atoms with Gasteiger partial charge in [0.15, 0.2) is 0 Å². The van der Waals surface area contributed by atoms with Crippen molar-refractivity contribution < 1.29 is 4.79 Å². The SMILES string of the molecule is CC(C)(C#N)C(=O)NCc1csnn1. The predicted octanol–water partition coefficient (Wildman–Crippen LogP) is 0.704. The molecule has 0 bridgehead atoms. The Bertz CT molecular complexity index is 352. The maximum atomic E-state index is 11.4. The molecule has 0 atom stereocenters. The Kier molecular flexibility index (Phi) is 3.14. The summed E-state index contributed by atoms with van der Waals surface area (Å²) in [6.45, 7) is 3.46. The minimum absolute atomic E-state index is 0.298. The van der Waals surface area contributed by atoms with Crippen LogP contribution in [0, 0.1) is 16.7 Å². The lowest BCUT2D eigenvalue weighted by atomic mass is 9.95. The molecule has 1 aromatic heterocycles. The van der Waals surface area contributed by atoms with Crippen molar-refractivity contribution in [3.8, 4) is 6.07 Å². The highest BCUT2D eigenvalue weighted by Crippen LogP contribution is 2.12. The Morgan fingerprint density at radius 1 is 1.79 bits per heavy atom. The summed E-state index contributed by atoms with van der Waals surface area (Å²) in [7, 11) is 0. The summed E-state index contributed by atoms with van der Waals surface area (Å²) < 4.78 is 3.66. The van der Waals surface area contributed by atoms with E-state index in [0.29, 0.717) is 12.2 Å². The Balaban J connectivity index is 2.48. The number of amides is 1. The first-order valence-electron chi connectivity index (χ1n) is 4.02. The van der Waals surface area contributed by atoms with Crippen molar-refractivity contribution in [1.29, 1.82) is 5.26 Å². The monoisotopic (exact) mass is 210 g/mol. The zero-order valence-electron chi connectivity index (χ0n) is 7.94. The van der Waals surface area contributed by atoms with Crippen molar-refractivity contribution in [1.82, 2.24) is 14.9 Å². The van der Waals surface area contributed by atoms with Gasteiger partial charge in [0.25, 0.3) is 0 Å². The zero-order valence-corrected chi connectivity index (χ0v) is 8.76. The third kappa shape index (κ3) is 2.50. The molecule has 14 heavy (non-hydrogen) atoms. The van der Waals surface area contributed by atoms with Crippen LogP contribution in [0.1, 0.15) is 19.5 Å². The first kappa shape index (κ1) is 10.6. The molecule has 1 amide bonds. The molecule has 0 aliphatic rings. The van der Waals surface area contributed by atoms with Crippen LogP contribution in [0.4, 0.5) is 0 Å². The summed E-state index contributed by atoms with van der Waals surface area (Å²) in [6, 6.07) is 1.93. The molecule has 0 aromatic carbocycles. The van der Waals surface area contributed by atoms with Gasteiger partial charge < -0.3 is 5.32 Å². The van der Waals surface area contributed by atoms with Gasteiger partial charge in [-0.2, -0.15) is 5.26 Å². The second-order valence-electron chi connectivity index (χ2n) is 3.32. The smallest absolute Gasteiger partial charge is 0.240 e. The van der Waals surface area contributed by atoms with E-state index in [-0.39, 0.29) is 5.91 Å². The standard InChI is InChI=1S/C8H10N4OS/c1-8(2,5-9)7(13)10-3-6-4-14-12-11-6/h4H,3H2,1-2H3,(H,10,13). The quantitative estimate of drug-likeness (QED) is 0.796. The Morgan fingerprint density at radius 2 is 2.50 bits per heavy atom. The summed E-state index contributed by atoms with van der Waals surface area (Å²) in [5.41, 5.74) is -0.291. The molecule has 0 radical (unpaired) electrons. The number of carbonyl (C=O) groups is 1. The van der Waals surface area contributed by atoms with Gasteiger partial charge in [0.05, 0.1) is 18.3 Å². The summed E-state index contributed by atoms with van der Waals surface area (Å²) >= 11 is 1.23. The van der Waals surface area contributed by atoms with Crippen LogP contribution >= 0.6 is 11.5 Å². The molecule has 0 spiro atoms. The van der Waals surface area contributed by atoms with E-state index >= 15 is 0 Å². The van der Waals surface area contributed by atoms with Crippen LogP contribution in [-0.2, 0) is 11.3 Å². The Labute approximate surface area is 85.9 Å². The molecule has 74 valence electrons. The number of aromatic nitrogens is 2. The largest absolute Gasteiger partial charge is 0.349 e. The van der Waals surface area contributed by atoms with Crippen LogP contribution in [0.5, 0.6) is 0 Å². The molecule has 5 nitrogen and oxygen atoms in total. The lowest BCUT2D eigenvalue weighted by Gasteiger charge is -2.13. The molecular weight excluding hydrogens is 200 g/mol. The summed E-state index contributed by atoms with van der Waals surface area (Å²) in [4.78, 5) is 11.4. The molecule has 6 heteroatoms. The van der Waals surface area contributed by atoms with Crippen LogP contribution in [0.3, 0.4) is 0 Å².